The summed E-state index contributed by atoms with van der Waals surface area (Å²) in [6.45, 7) is 0. The Morgan fingerprint density at radius 3 is 2.76 bits per heavy atom. The van der Waals surface area contributed by atoms with E-state index in [9.17, 15) is 4.39 Å². The van der Waals surface area contributed by atoms with Crippen molar-refractivity contribution >= 4 is 23.8 Å². The molecule has 0 aliphatic heterocycles. The van der Waals surface area contributed by atoms with Crippen LogP contribution < -0.4 is 5.43 Å². The molecule has 0 saturated heterocycles. The second kappa shape index (κ2) is 5.31. The smallest absolute Gasteiger partial charge is 0.243 e. The zero-order chi connectivity index (χ0) is 12.1. The second-order valence-corrected chi connectivity index (χ2v) is 3.43. The van der Waals surface area contributed by atoms with E-state index in [-0.39, 0.29) is 5.82 Å². The summed E-state index contributed by atoms with van der Waals surface area (Å²) >= 11 is 5.62. The molecule has 1 N–H and O–H groups in total. The summed E-state index contributed by atoms with van der Waals surface area (Å²) in [5.41, 5.74) is 2.96. The van der Waals surface area contributed by atoms with Gasteiger partial charge in [0.25, 0.3) is 0 Å². The van der Waals surface area contributed by atoms with Gasteiger partial charge in [-0.3, -0.25) is 4.98 Å². The minimum absolute atomic E-state index is 0.294. The molecule has 2 aromatic heterocycles. The van der Waals surface area contributed by atoms with Gasteiger partial charge in [-0.05, 0) is 6.07 Å². The molecule has 0 spiro atoms. The molecule has 2 aromatic rings. The Morgan fingerprint density at radius 2 is 2.06 bits per heavy atom. The summed E-state index contributed by atoms with van der Waals surface area (Å²) in [7, 11) is 0. The average molecular weight is 252 g/mol. The second-order valence-electron chi connectivity index (χ2n) is 2.99. The molecule has 0 radical (unpaired) electrons. The van der Waals surface area contributed by atoms with E-state index in [1.165, 1.54) is 36.9 Å². The number of rotatable bonds is 3. The van der Waals surface area contributed by atoms with Gasteiger partial charge >= 0.3 is 0 Å². The zero-order valence-corrected chi connectivity index (χ0v) is 9.26. The fourth-order valence-corrected chi connectivity index (χ4v) is 1.12. The summed E-state index contributed by atoms with van der Waals surface area (Å²) in [5, 5.41) is 4.25. The van der Waals surface area contributed by atoms with Gasteiger partial charge in [-0.1, -0.05) is 11.6 Å². The summed E-state index contributed by atoms with van der Waals surface area (Å²) < 4.78 is 12.8. The fourth-order valence-electron chi connectivity index (χ4n) is 1.02. The topological polar surface area (TPSA) is 63.1 Å². The lowest BCUT2D eigenvalue weighted by Gasteiger charge is -1.97. The van der Waals surface area contributed by atoms with Gasteiger partial charge in [-0.2, -0.15) is 5.10 Å². The lowest BCUT2D eigenvalue weighted by atomic mass is 10.4. The number of pyridine rings is 1. The molecule has 0 bridgehead atoms. The van der Waals surface area contributed by atoms with Crippen molar-refractivity contribution in [3.8, 4) is 0 Å². The van der Waals surface area contributed by atoms with Crippen LogP contribution in [0.15, 0.2) is 35.8 Å². The van der Waals surface area contributed by atoms with Gasteiger partial charge in [0.2, 0.25) is 5.95 Å². The maximum atomic E-state index is 12.8. The highest BCUT2D eigenvalue weighted by atomic mass is 35.5. The highest BCUT2D eigenvalue weighted by molar-refractivity contribution is 6.30. The van der Waals surface area contributed by atoms with E-state index in [4.69, 9.17) is 11.6 Å². The molecule has 86 valence electrons. The predicted octanol–water partition coefficient (Wildman–Crippen LogP) is 2.11. The predicted molar refractivity (Wildman–Crippen MR) is 62.5 cm³/mol. The molecule has 5 nitrogen and oxygen atoms in total. The largest absolute Gasteiger partial charge is 0.255 e. The summed E-state index contributed by atoms with van der Waals surface area (Å²) in [6, 6.07) is 2.51. The molecule has 0 aromatic carbocycles. The third kappa shape index (κ3) is 3.46. The van der Waals surface area contributed by atoms with Crippen molar-refractivity contribution in [3.05, 3.63) is 47.3 Å². The molecule has 0 saturated carbocycles. The van der Waals surface area contributed by atoms with Crippen LogP contribution in [0.25, 0.3) is 0 Å². The Labute approximate surface area is 101 Å². The van der Waals surface area contributed by atoms with Crippen molar-refractivity contribution in [2.24, 2.45) is 5.10 Å². The van der Waals surface area contributed by atoms with Crippen molar-refractivity contribution in [2.45, 2.75) is 0 Å². The van der Waals surface area contributed by atoms with Gasteiger partial charge in [0.1, 0.15) is 5.82 Å². The van der Waals surface area contributed by atoms with Crippen LogP contribution in [0.1, 0.15) is 5.69 Å². The first-order chi connectivity index (χ1) is 8.24. The Hall–Kier alpha value is -2.08. The molecule has 2 heterocycles. The summed E-state index contributed by atoms with van der Waals surface area (Å²) in [5.74, 6) is -0.0776. The third-order valence-corrected chi connectivity index (χ3v) is 1.92. The van der Waals surface area contributed by atoms with Crippen LogP contribution in [0.3, 0.4) is 0 Å². The van der Waals surface area contributed by atoms with Gasteiger partial charge in [0.05, 0.1) is 29.3 Å². The van der Waals surface area contributed by atoms with E-state index >= 15 is 0 Å². The first-order valence-electron chi connectivity index (χ1n) is 4.62. The van der Waals surface area contributed by atoms with Gasteiger partial charge < -0.3 is 0 Å². The van der Waals surface area contributed by atoms with Gasteiger partial charge in [-0.15, -0.1) is 0 Å². The van der Waals surface area contributed by atoms with E-state index in [1.54, 1.807) is 0 Å². The van der Waals surface area contributed by atoms with Crippen LogP contribution in [-0.2, 0) is 0 Å². The van der Waals surface area contributed by atoms with Crippen LogP contribution in [0.2, 0.25) is 5.02 Å². The van der Waals surface area contributed by atoms with E-state index < -0.39 is 0 Å². The highest BCUT2D eigenvalue weighted by Gasteiger charge is 1.94. The molecule has 7 heteroatoms. The van der Waals surface area contributed by atoms with Crippen molar-refractivity contribution in [3.63, 3.8) is 0 Å². The zero-order valence-electron chi connectivity index (χ0n) is 8.51. The first kappa shape index (κ1) is 11.4. The van der Waals surface area contributed by atoms with Crippen molar-refractivity contribution in [2.75, 3.05) is 5.43 Å². The molecule has 0 unspecified atom stereocenters. The first-order valence-corrected chi connectivity index (χ1v) is 5.00. The molecule has 0 atom stereocenters. The van der Waals surface area contributed by atoms with Crippen LogP contribution in [0, 0.1) is 5.82 Å². The van der Waals surface area contributed by atoms with E-state index in [0.717, 1.165) is 0 Å². The van der Waals surface area contributed by atoms with Crippen LogP contribution >= 0.6 is 11.6 Å². The summed E-state index contributed by atoms with van der Waals surface area (Å²) in [4.78, 5) is 11.6. The van der Waals surface area contributed by atoms with Crippen LogP contribution in [-0.4, -0.2) is 21.2 Å². The number of hydrogen-bond donors (Lipinski definition) is 1. The third-order valence-electron chi connectivity index (χ3n) is 1.72. The molecular formula is C10H7ClFN5. The number of hydrogen-bond acceptors (Lipinski definition) is 5. The number of halogens is 2. The number of nitrogens with one attached hydrogen (secondary N) is 1. The van der Waals surface area contributed by atoms with Crippen molar-refractivity contribution in [1.29, 1.82) is 0 Å². The standard InChI is InChI=1S/C10H7ClFN5/c11-7-4-14-10(15-5-7)17-16-6-9-3-8(12)1-2-13-9/h1-6H,(H,14,15,17). The number of anilines is 1. The Morgan fingerprint density at radius 1 is 1.29 bits per heavy atom. The Kier molecular flexibility index (Phi) is 3.56. The fraction of sp³-hybridized carbons (Fsp3) is 0. The quantitative estimate of drug-likeness (QED) is 0.670. The molecule has 0 amide bonds. The minimum atomic E-state index is -0.371. The van der Waals surface area contributed by atoms with E-state index in [0.29, 0.717) is 16.7 Å². The number of nitrogens with zero attached hydrogens (tertiary/aromatic N) is 4. The SMILES string of the molecule is Fc1ccnc(C=NNc2ncc(Cl)cn2)c1. The Bertz CT molecular complexity index is 528. The number of aromatic nitrogens is 3. The lowest BCUT2D eigenvalue weighted by Crippen LogP contribution is -1.97. The lowest BCUT2D eigenvalue weighted by molar-refractivity contribution is 0.625. The van der Waals surface area contributed by atoms with Gasteiger partial charge in [-0.25, -0.2) is 19.8 Å². The van der Waals surface area contributed by atoms with Crippen molar-refractivity contribution < 1.29 is 4.39 Å². The normalized spacial score (nSPS) is 10.7. The highest BCUT2D eigenvalue weighted by Crippen LogP contribution is 2.05. The molecule has 0 aliphatic rings. The summed E-state index contributed by atoms with van der Waals surface area (Å²) in [6.07, 6.45) is 5.59. The maximum Gasteiger partial charge on any atom is 0.243 e. The molecule has 0 aliphatic carbocycles. The monoisotopic (exact) mass is 251 g/mol. The number of hydrazone groups is 1. The molecule has 17 heavy (non-hydrogen) atoms. The van der Waals surface area contributed by atoms with Crippen molar-refractivity contribution in [1.82, 2.24) is 15.0 Å². The maximum absolute atomic E-state index is 12.8. The average Bonchev–Trinajstić information content (AvgIpc) is 2.32. The minimum Gasteiger partial charge on any atom is -0.255 e. The van der Waals surface area contributed by atoms with Gasteiger partial charge in [0.15, 0.2) is 0 Å². The van der Waals surface area contributed by atoms with Gasteiger partial charge in [0, 0.05) is 12.3 Å². The molecular weight excluding hydrogens is 245 g/mol. The molecule has 0 fully saturated rings. The van der Waals surface area contributed by atoms with Crippen LogP contribution in [0.4, 0.5) is 10.3 Å². The van der Waals surface area contributed by atoms with E-state index in [2.05, 4.69) is 25.5 Å². The van der Waals surface area contributed by atoms with Crippen LogP contribution in [0.5, 0.6) is 0 Å². The Balaban J connectivity index is 2.00. The van der Waals surface area contributed by atoms with E-state index in [1.807, 2.05) is 0 Å². The molecule has 2 rings (SSSR count).